The number of amides is 2. The Morgan fingerprint density at radius 3 is 2.68 bits per heavy atom. The lowest BCUT2D eigenvalue weighted by molar-refractivity contribution is -0.135. The lowest BCUT2D eigenvalue weighted by Gasteiger charge is -2.32. The molecule has 0 aromatic heterocycles. The third kappa shape index (κ3) is 5.76. The molecule has 2 rings (SSSR count). The van der Waals surface area contributed by atoms with Gasteiger partial charge in [0.05, 0.1) is 19.4 Å². The number of piperidine rings is 1. The Bertz CT molecular complexity index is 571. The molecule has 1 aromatic rings. The van der Waals surface area contributed by atoms with E-state index in [1.165, 1.54) is 0 Å². The molecule has 1 fully saturated rings. The van der Waals surface area contributed by atoms with Crippen molar-refractivity contribution >= 4 is 11.8 Å². The number of rotatable bonds is 7. The summed E-state index contributed by atoms with van der Waals surface area (Å²) in [7, 11) is 1.63. The van der Waals surface area contributed by atoms with Gasteiger partial charge in [0.25, 0.3) is 0 Å². The predicted molar refractivity (Wildman–Crippen MR) is 98.5 cm³/mol. The minimum Gasteiger partial charge on any atom is -0.497 e. The number of hydrogen-bond donors (Lipinski definition) is 1. The van der Waals surface area contributed by atoms with Gasteiger partial charge in [0.1, 0.15) is 5.75 Å². The van der Waals surface area contributed by atoms with Gasteiger partial charge < -0.3 is 15.0 Å². The number of nitrogens with zero attached hydrogens (tertiary/aromatic N) is 1. The SMILES string of the molecule is CCCC(C)NC(=O)C1CCCN(C(=O)Cc2ccc(OC)cc2)C1. The van der Waals surface area contributed by atoms with Crippen molar-refractivity contribution in [3.05, 3.63) is 29.8 Å². The number of carbonyl (C=O) groups excluding carboxylic acids is 2. The second-order valence-corrected chi connectivity index (χ2v) is 6.90. The number of nitrogens with one attached hydrogen (secondary N) is 1. The summed E-state index contributed by atoms with van der Waals surface area (Å²) in [6, 6.07) is 7.76. The van der Waals surface area contributed by atoms with E-state index in [0.717, 1.165) is 43.5 Å². The Hall–Kier alpha value is -2.04. The summed E-state index contributed by atoms with van der Waals surface area (Å²) >= 11 is 0. The first-order chi connectivity index (χ1) is 12.0. The molecule has 1 N–H and O–H groups in total. The molecule has 2 atom stereocenters. The van der Waals surface area contributed by atoms with Gasteiger partial charge in [0.15, 0.2) is 0 Å². The Labute approximate surface area is 150 Å². The van der Waals surface area contributed by atoms with Crippen LogP contribution in [-0.2, 0) is 16.0 Å². The highest BCUT2D eigenvalue weighted by Crippen LogP contribution is 2.19. The van der Waals surface area contributed by atoms with Crippen LogP contribution in [0.25, 0.3) is 0 Å². The van der Waals surface area contributed by atoms with Crippen molar-refractivity contribution in [2.45, 2.75) is 52.0 Å². The number of likely N-dealkylation sites (tertiary alicyclic amines) is 1. The number of methoxy groups -OCH3 is 1. The van der Waals surface area contributed by atoms with E-state index in [1.54, 1.807) is 7.11 Å². The summed E-state index contributed by atoms with van der Waals surface area (Å²) in [6.07, 6.45) is 4.15. The van der Waals surface area contributed by atoms with Crippen molar-refractivity contribution in [2.24, 2.45) is 5.92 Å². The molecule has 0 aliphatic carbocycles. The number of hydrogen-bond acceptors (Lipinski definition) is 3. The molecule has 5 nitrogen and oxygen atoms in total. The van der Waals surface area contributed by atoms with Crippen LogP contribution in [0.15, 0.2) is 24.3 Å². The molecule has 1 aromatic carbocycles. The second-order valence-electron chi connectivity index (χ2n) is 6.90. The van der Waals surface area contributed by atoms with E-state index in [2.05, 4.69) is 12.2 Å². The first-order valence-corrected chi connectivity index (χ1v) is 9.24. The average Bonchev–Trinajstić information content (AvgIpc) is 2.62. The zero-order valence-corrected chi connectivity index (χ0v) is 15.6. The first kappa shape index (κ1) is 19.3. The zero-order valence-electron chi connectivity index (χ0n) is 15.6. The maximum Gasteiger partial charge on any atom is 0.227 e. The standard InChI is InChI=1S/C20H30N2O3/c1-4-6-15(2)21-20(24)17-7-5-12-22(14-17)19(23)13-16-8-10-18(25-3)11-9-16/h8-11,15,17H,4-7,12-14H2,1-3H3,(H,21,24). The van der Waals surface area contributed by atoms with Crippen LogP contribution in [-0.4, -0.2) is 43.0 Å². The Morgan fingerprint density at radius 2 is 2.04 bits per heavy atom. The van der Waals surface area contributed by atoms with Gasteiger partial charge >= 0.3 is 0 Å². The molecular formula is C20H30N2O3. The first-order valence-electron chi connectivity index (χ1n) is 9.24. The monoisotopic (exact) mass is 346 g/mol. The van der Waals surface area contributed by atoms with Crippen LogP contribution < -0.4 is 10.1 Å². The van der Waals surface area contributed by atoms with Crippen LogP contribution in [0, 0.1) is 5.92 Å². The van der Waals surface area contributed by atoms with E-state index in [1.807, 2.05) is 36.1 Å². The van der Waals surface area contributed by atoms with Crippen LogP contribution in [0.2, 0.25) is 0 Å². The van der Waals surface area contributed by atoms with Crippen molar-refractivity contribution in [1.29, 1.82) is 0 Å². The van der Waals surface area contributed by atoms with Crippen molar-refractivity contribution in [3.8, 4) is 5.75 Å². The summed E-state index contributed by atoms with van der Waals surface area (Å²) in [5.74, 6) is 0.868. The van der Waals surface area contributed by atoms with E-state index in [0.29, 0.717) is 13.0 Å². The quantitative estimate of drug-likeness (QED) is 0.826. The van der Waals surface area contributed by atoms with E-state index in [-0.39, 0.29) is 23.8 Å². The van der Waals surface area contributed by atoms with Crippen LogP contribution in [0.5, 0.6) is 5.75 Å². The highest BCUT2D eigenvalue weighted by atomic mass is 16.5. The lowest BCUT2D eigenvalue weighted by Crippen LogP contribution is -2.47. The molecule has 1 aliphatic heterocycles. The molecule has 0 bridgehead atoms. The van der Waals surface area contributed by atoms with E-state index >= 15 is 0 Å². The molecule has 1 heterocycles. The fraction of sp³-hybridized carbons (Fsp3) is 0.600. The van der Waals surface area contributed by atoms with Gasteiger partial charge in [0, 0.05) is 19.1 Å². The smallest absolute Gasteiger partial charge is 0.227 e. The Kier molecular flexibility index (Phi) is 7.29. The van der Waals surface area contributed by atoms with Crippen LogP contribution >= 0.6 is 0 Å². The third-order valence-electron chi connectivity index (χ3n) is 4.77. The molecule has 0 spiro atoms. The lowest BCUT2D eigenvalue weighted by atomic mass is 9.96. The van der Waals surface area contributed by atoms with Crippen molar-refractivity contribution in [3.63, 3.8) is 0 Å². The summed E-state index contributed by atoms with van der Waals surface area (Å²) in [6.45, 7) is 5.42. The van der Waals surface area contributed by atoms with Crippen LogP contribution in [0.4, 0.5) is 0 Å². The fourth-order valence-corrected chi connectivity index (χ4v) is 3.31. The molecule has 1 saturated heterocycles. The van der Waals surface area contributed by atoms with E-state index in [4.69, 9.17) is 4.74 Å². The van der Waals surface area contributed by atoms with E-state index < -0.39 is 0 Å². The molecule has 138 valence electrons. The van der Waals surface area contributed by atoms with Gasteiger partial charge in [-0.3, -0.25) is 9.59 Å². The number of ether oxygens (including phenoxy) is 1. The molecular weight excluding hydrogens is 316 g/mol. The minimum absolute atomic E-state index is 0.0860. The van der Waals surface area contributed by atoms with Gasteiger partial charge in [-0.25, -0.2) is 0 Å². The van der Waals surface area contributed by atoms with Crippen molar-refractivity contribution in [2.75, 3.05) is 20.2 Å². The Balaban J connectivity index is 1.88. The van der Waals surface area contributed by atoms with Gasteiger partial charge in [0.2, 0.25) is 11.8 Å². The third-order valence-corrected chi connectivity index (χ3v) is 4.77. The zero-order chi connectivity index (χ0) is 18.2. The summed E-state index contributed by atoms with van der Waals surface area (Å²) in [5.41, 5.74) is 0.967. The molecule has 25 heavy (non-hydrogen) atoms. The van der Waals surface area contributed by atoms with Gasteiger partial charge in [-0.05, 0) is 43.9 Å². The molecule has 1 aliphatic rings. The van der Waals surface area contributed by atoms with Crippen LogP contribution in [0.3, 0.4) is 0 Å². The summed E-state index contributed by atoms with van der Waals surface area (Å²) in [4.78, 5) is 26.8. The highest BCUT2D eigenvalue weighted by molar-refractivity contribution is 5.82. The van der Waals surface area contributed by atoms with Gasteiger partial charge in [-0.1, -0.05) is 25.5 Å². The predicted octanol–water partition coefficient (Wildman–Crippen LogP) is 2.78. The molecule has 0 saturated carbocycles. The molecule has 2 unspecified atom stereocenters. The largest absolute Gasteiger partial charge is 0.497 e. The Morgan fingerprint density at radius 1 is 1.32 bits per heavy atom. The molecule has 5 heteroatoms. The van der Waals surface area contributed by atoms with Crippen LogP contribution in [0.1, 0.15) is 45.1 Å². The summed E-state index contributed by atoms with van der Waals surface area (Å²) < 4.78 is 5.14. The number of carbonyl (C=O) groups is 2. The van der Waals surface area contributed by atoms with Gasteiger partial charge in [-0.15, -0.1) is 0 Å². The fourth-order valence-electron chi connectivity index (χ4n) is 3.31. The molecule has 2 amide bonds. The topological polar surface area (TPSA) is 58.6 Å². The normalized spacial score (nSPS) is 18.5. The number of benzene rings is 1. The molecule has 0 radical (unpaired) electrons. The maximum atomic E-state index is 12.6. The maximum absolute atomic E-state index is 12.6. The van der Waals surface area contributed by atoms with Gasteiger partial charge in [-0.2, -0.15) is 0 Å². The second kappa shape index (κ2) is 9.44. The minimum atomic E-state index is -0.0899. The van der Waals surface area contributed by atoms with Crippen molar-refractivity contribution in [1.82, 2.24) is 10.2 Å². The van der Waals surface area contributed by atoms with Crippen molar-refractivity contribution < 1.29 is 14.3 Å². The summed E-state index contributed by atoms with van der Waals surface area (Å²) in [5, 5.41) is 3.08. The highest BCUT2D eigenvalue weighted by Gasteiger charge is 2.28. The average molecular weight is 346 g/mol. The van der Waals surface area contributed by atoms with E-state index in [9.17, 15) is 9.59 Å².